The lowest BCUT2D eigenvalue weighted by atomic mass is 10.0. The number of carboxylic acid groups (broad SMARTS) is 1. The average molecular weight is 308 g/mol. The van der Waals surface area contributed by atoms with Gasteiger partial charge >= 0.3 is 11.9 Å². The topological polar surface area (TPSA) is 96.5 Å². The molecule has 0 saturated carbocycles. The first kappa shape index (κ1) is 14.8. The number of aromatic nitrogens is 1. The molecule has 0 atom stereocenters. The quantitative estimate of drug-likeness (QED) is 0.847. The number of H-pyrrole nitrogens is 1. The van der Waals surface area contributed by atoms with Gasteiger partial charge < -0.3 is 14.8 Å². The van der Waals surface area contributed by atoms with Crippen LogP contribution in [0.1, 0.15) is 20.7 Å². The standard InChI is InChI=1S/C14H10ClNO5/c1-21-14(20)10-4-7(2-3-11(10)15)9-5-8(13(18)19)6-16-12(9)17/h2-6H,1H3,(H,16,17)(H,18,19). The van der Waals surface area contributed by atoms with Crippen LogP contribution in [0.2, 0.25) is 5.02 Å². The molecule has 0 bridgehead atoms. The van der Waals surface area contributed by atoms with Gasteiger partial charge in [0.05, 0.1) is 23.3 Å². The predicted octanol–water partition coefficient (Wildman–Crippen LogP) is 2.18. The number of carbonyl (C=O) groups excluding carboxylic acids is 1. The van der Waals surface area contributed by atoms with Crippen molar-refractivity contribution in [3.05, 3.63) is 57.0 Å². The number of halogens is 1. The maximum Gasteiger partial charge on any atom is 0.339 e. The van der Waals surface area contributed by atoms with Crippen LogP contribution in [0.5, 0.6) is 0 Å². The third kappa shape index (κ3) is 2.95. The highest BCUT2D eigenvalue weighted by molar-refractivity contribution is 6.33. The largest absolute Gasteiger partial charge is 0.478 e. The molecule has 1 aromatic heterocycles. The summed E-state index contributed by atoms with van der Waals surface area (Å²) >= 11 is 5.90. The van der Waals surface area contributed by atoms with Crippen LogP contribution in [0.3, 0.4) is 0 Å². The molecule has 6 nitrogen and oxygen atoms in total. The minimum absolute atomic E-state index is 0.0702. The smallest absolute Gasteiger partial charge is 0.339 e. The molecule has 2 N–H and O–H groups in total. The molecule has 0 spiro atoms. The van der Waals surface area contributed by atoms with Gasteiger partial charge in [0, 0.05) is 11.8 Å². The number of methoxy groups -OCH3 is 1. The Labute approximate surface area is 123 Å². The summed E-state index contributed by atoms with van der Waals surface area (Å²) in [5, 5.41) is 9.13. The molecule has 1 heterocycles. The molecular formula is C14H10ClNO5. The van der Waals surface area contributed by atoms with Crippen LogP contribution in [-0.4, -0.2) is 29.1 Å². The van der Waals surface area contributed by atoms with E-state index in [9.17, 15) is 14.4 Å². The lowest BCUT2D eigenvalue weighted by Gasteiger charge is -2.06. The van der Waals surface area contributed by atoms with Crippen LogP contribution >= 0.6 is 11.6 Å². The van der Waals surface area contributed by atoms with Gasteiger partial charge in [-0.1, -0.05) is 17.7 Å². The molecule has 0 amide bonds. The van der Waals surface area contributed by atoms with Crippen molar-refractivity contribution < 1.29 is 19.4 Å². The number of hydrogen-bond donors (Lipinski definition) is 2. The van der Waals surface area contributed by atoms with Crippen molar-refractivity contribution in [3.63, 3.8) is 0 Å². The Hall–Kier alpha value is -2.60. The summed E-state index contributed by atoms with van der Waals surface area (Å²) in [5.41, 5.74) is 0.0370. The fourth-order valence-corrected chi connectivity index (χ4v) is 1.98. The monoisotopic (exact) mass is 307 g/mol. The lowest BCUT2D eigenvalue weighted by molar-refractivity contribution is 0.0600. The van der Waals surface area contributed by atoms with Crippen molar-refractivity contribution in [2.45, 2.75) is 0 Å². The molecule has 1 aromatic carbocycles. The van der Waals surface area contributed by atoms with E-state index in [4.69, 9.17) is 16.7 Å². The lowest BCUT2D eigenvalue weighted by Crippen LogP contribution is -2.12. The Morgan fingerprint density at radius 1 is 1.29 bits per heavy atom. The molecule has 0 aliphatic carbocycles. The maximum absolute atomic E-state index is 11.8. The van der Waals surface area contributed by atoms with Crippen LogP contribution in [0.25, 0.3) is 11.1 Å². The van der Waals surface area contributed by atoms with Gasteiger partial charge in [0.2, 0.25) is 0 Å². The first-order chi connectivity index (χ1) is 9.93. The van der Waals surface area contributed by atoms with E-state index >= 15 is 0 Å². The van der Waals surface area contributed by atoms with E-state index in [0.717, 1.165) is 6.20 Å². The van der Waals surface area contributed by atoms with Crippen LogP contribution < -0.4 is 5.56 Å². The molecule has 2 aromatic rings. The van der Waals surface area contributed by atoms with Crippen molar-refractivity contribution in [3.8, 4) is 11.1 Å². The van der Waals surface area contributed by atoms with Crippen molar-refractivity contribution in [1.82, 2.24) is 4.98 Å². The summed E-state index contributed by atoms with van der Waals surface area (Å²) in [6.45, 7) is 0. The van der Waals surface area contributed by atoms with E-state index in [-0.39, 0.29) is 21.7 Å². The van der Waals surface area contributed by atoms with Crippen LogP contribution in [0.15, 0.2) is 35.3 Å². The summed E-state index contributed by atoms with van der Waals surface area (Å²) in [6.07, 6.45) is 1.10. The van der Waals surface area contributed by atoms with E-state index in [1.54, 1.807) is 0 Å². The van der Waals surface area contributed by atoms with Crippen molar-refractivity contribution >= 4 is 23.5 Å². The van der Waals surface area contributed by atoms with Gasteiger partial charge in [0.25, 0.3) is 5.56 Å². The van der Waals surface area contributed by atoms with Crippen molar-refractivity contribution in [2.75, 3.05) is 7.11 Å². The number of rotatable bonds is 3. The second kappa shape index (κ2) is 5.80. The van der Waals surface area contributed by atoms with E-state index in [1.807, 2.05) is 0 Å². The van der Waals surface area contributed by atoms with Crippen LogP contribution in [0, 0.1) is 0 Å². The third-order valence-corrected chi connectivity index (χ3v) is 3.16. The fourth-order valence-electron chi connectivity index (χ4n) is 1.78. The van der Waals surface area contributed by atoms with Gasteiger partial charge in [0.1, 0.15) is 0 Å². The third-order valence-electron chi connectivity index (χ3n) is 2.83. The minimum atomic E-state index is -1.17. The molecule has 0 fully saturated rings. The number of nitrogens with one attached hydrogen (secondary N) is 1. The SMILES string of the molecule is COC(=O)c1cc(-c2cc(C(=O)O)c[nH]c2=O)ccc1Cl. The number of aromatic carboxylic acids is 1. The Morgan fingerprint density at radius 3 is 2.62 bits per heavy atom. The first-order valence-electron chi connectivity index (χ1n) is 5.78. The number of pyridine rings is 1. The van der Waals surface area contributed by atoms with Crippen molar-refractivity contribution in [2.24, 2.45) is 0 Å². The number of carboxylic acids is 1. The van der Waals surface area contributed by atoms with Gasteiger partial charge in [0.15, 0.2) is 0 Å². The van der Waals surface area contributed by atoms with Gasteiger partial charge in [-0.25, -0.2) is 9.59 Å². The second-order valence-corrected chi connectivity index (χ2v) is 4.53. The van der Waals surface area contributed by atoms with E-state index < -0.39 is 17.5 Å². The number of hydrogen-bond acceptors (Lipinski definition) is 4. The molecule has 108 valence electrons. The Bertz CT molecular complexity index is 781. The summed E-state index contributed by atoms with van der Waals surface area (Å²) in [7, 11) is 1.21. The maximum atomic E-state index is 11.8. The number of esters is 1. The normalized spacial score (nSPS) is 10.2. The van der Waals surface area contributed by atoms with E-state index in [1.165, 1.54) is 31.4 Å². The Kier molecular flexibility index (Phi) is 4.09. The number of aromatic amines is 1. The summed E-state index contributed by atoms with van der Waals surface area (Å²) in [6, 6.07) is 5.57. The number of benzene rings is 1. The Balaban J connectivity index is 2.62. The molecule has 0 saturated heterocycles. The molecule has 0 unspecified atom stereocenters. The predicted molar refractivity (Wildman–Crippen MR) is 75.8 cm³/mol. The number of carbonyl (C=O) groups is 2. The molecule has 0 radical (unpaired) electrons. The van der Waals surface area contributed by atoms with E-state index in [2.05, 4.69) is 9.72 Å². The zero-order valence-electron chi connectivity index (χ0n) is 10.8. The minimum Gasteiger partial charge on any atom is -0.478 e. The number of ether oxygens (including phenoxy) is 1. The van der Waals surface area contributed by atoms with Crippen LogP contribution in [0.4, 0.5) is 0 Å². The highest BCUT2D eigenvalue weighted by Crippen LogP contribution is 2.24. The molecular weight excluding hydrogens is 298 g/mol. The fraction of sp³-hybridized carbons (Fsp3) is 0.0714. The van der Waals surface area contributed by atoms with Gasteiger partial charge in [-0.3, -0.25) is 4.79 Å². The van der Waals surface area contributed by atoms with E-state index in [0.29, 0.717) is 5.56 Å². The first-order valence-corrected chi connectivity index (χ1v) is 6.16. The molecule has 2 rings (SSSR count). The van der Waals surface area contributed by atoms with Crippen LogP contribution in [-0.2, 0) is 4.74 Å². The van der Waals surface area contributed by atoms with Gasteiger partial charge in [-0.15, -0.1) is 0 Å². The molecule has 0 aliphatic rings. The van der Waals surface area contributed by atoms with Gasteiger partial charge in [-0.2, -0.15) is 0 Å². The average Bonchev–Trinajstić information content (AvgIpc) is 2.47. The highest BCUT2D eigenvalue weighted by atomic mass is 35.5. The summed E-state index contributed by atoms with van der Waals surface area (Å²) < 4.78 is 4.60. The highest BCUT2D eigenvalue weighted by Gasteiger charge is 2.15. The summed E-state index contributed by atoms with van der Waals surface area (Å²) in [4.78, 5) is 36.7. The zero-order valence-corrected chi connectivity index (χ0v) is 11.6. The molecule has 21 heavy (non-hydrogen) atoms. The zero-order chi connectivity index (χ0) is 15.6. The molecule has 0 aliphatic heterocycles. The van der Waals surface area contributed by atoms with Gasteiger partial charge in [-0.05, 0) is 23.8 Å². The molecule has 7 heteroatoms. The van der Waals surface area contributed by atoms with Crippen molar-refractivity contribution in [1.29, 1.82) is 0 Å². The Morgan fingerprint density at radius 2 is 2.00 bits per heavy atom. The summed E-state index contributed by atoms with van der Waals surface area (Å²) in [5.74, 6) is -1.82. The second-order valence-electron chi connectivity index (χ2n) is 4.12.